The molecular formula is C12H7Cl2FN2O2. The number of halogens is 3. The fraction of sp³-hybridized carbons (Fsp3) is 0. The summed E-state index contributed by atoms with van der Waals surface area (Å²) in [6, 6.07) is 4.85. The van der Waals surface area contributed by atoms with Gasteiger partial charge in [0.15, 0.2) is 0 Å². The molecule has 0 aliphatic rings. The Morgan fingerprint density at radius 2 is 1.89 bits per heavy atom. The van der Waals surface area contributed by atoms with Crippen molar-refractivity contribution in [2.24, 2.45) is 0 Å². The molecule has 1 aromatic heterocycles. The Bertz CT molecular complexity index is 626. The molecule has 4 nitrogen and oxygen atoms in total. The van der Waals surface area contributed by atoms with E-state index < -0.39 is 11.8 Å². The average Bonchev–Trinajstić information content (AvgIpc) is 2.34. The minimum absolute atomic E-state index is 0.0619. The molecule has 2 rings (SSSR count). The molecule has 1 aromatic carbocycles. The number of nitrogens with one attached hydrogen (secondary N) is 1. The van der Waals surface area contributed by atoms with Gasteiger partial charge in [0, 0.05) is 6.20 Å². The van der Waals surface area contributed by atoms with Crippen LogP contribution in [-0.2, 0) is 0 Å². The normalized spacial score (nSPS) is 10.3. The van der Waals surface area contributed by atoms with Gasteiger partial charge in [-0.25, -0.2) is 14.2 Å². The number of rotatable bonds is 3. The molecule has 2 N–H and O–H groups in total. The first-order chi connectivity index (χ1) is 8.97. The molecule has 19 heavy (non-hydrogen) atoms. The second kappa shape index (κ2) is 5.42. The summed E-state index contributed by atoms with van der Waals surface area (Å²) in [6.07, 6.45) is 1.33. The molecule has 0 fully saturated rings. The lowest BCUT2D eigenvalue weighted by atomic mass is 10.2. The number of hydrogen-bond acceptors (Lipinski definition) is 3. The lowest BCUT2D eigenvalue weighted by molar-refractivity contribution is 0.0697. The largest absolute Gasteiger partial charge is 0.478 e. The third-order valence-corrected chi connectivity index (χ3v) is 2.86. The maximum Gasteiger partial charge on any atom is 0.335 e. The average molecular weight is 301 g/mol. The van der Waals surface area contributed by atoms with Crippen molar-refractivity contribution in [3.8, 4) is 0 Å². The number of benzene rings is 1. The molecule has 0 saturated heterocycles. The number of anilines is 2. The van der Waals surface area contributed by atoms with E-state index in [0.717, 1.165) is 12.1 Å². The van der Waals surface area contributed by atoms with Crippen LogP contribution in [0.15, 0.2) is 30.5 Å². The van der Waals surface area contributed by atoms with Crippen LogP contribution in [0.25, 0.3) is 0 Å². The second-order valence-corrected chi connectivity index (χ2v) is 4.42. The van der Waals surface area contributed by atoms with Gasteiger partial charge in [-0.1, -0.05) is 23.2 Å². The minimum Gasteiger partial charge on any atom is -0.478 e. The third-order valence-electron chi connectivity index (χ3n) is 2.27. The molecule has 0 unspecified atom stereocenters. The van der Waals surface area contributed by atoms with Crippen LogP contribution in [0.3, 0.4) is 0 Å². The van der Waals surface area contributed by atoms with E-state index in [1.165, 1.54) is 18.3 Å². The maximum absolute atomic E-state index is 13.0. The number of aromatic carboxylic acids is 1. The summed E-state index contributed by atoms with van der Waals surface area (Å²) in [5, 5.41) is 11.8. The summed E-state index contributed by atoms with van der Waals surface area (Å²) in [6.45, 7) is 0. The number of aromatic nitrogens is 1. The van der Waals surface area contributed by atoms with Crippen molar-refractivity contribution in [1.82, 2.24) is 4.98 Å². The second-order valence-electron chi connectivity index (χ2n) is 3.60. The number of pyridine rings is 1. The summed E-state index contributed by atoms with van der Waals surface area (Å²) in [5.74, 6) is -1.40. The first-order valence-electron chi connectivity index (χ1n) is 5.08. The fourth-order valence-electron chi connectivity index (χ4n) is 1.42. The molecule has 1 heterocycles. The topological polar surface area (TPSA) is 62.2 Å². The van der Waals surface area contributed by atoms with Crippen molar-refractivity contribution in [2.75, 3.05) is 5.32 Å². The van der Waals surface area contributed by atoms with Gasteiger partial charge in [0.25, 0.3) is 0 Å². The summed E-state index contributed by atoms with van der Waals surface area (Å²) in [5.41, 5.74) is 0.326. The quantitative estimate of drug-likeness (QED) is 0.900. The van der Waals surface area contributed by atoms with E-state index in [4.69, 9.17) is 28.3 Å². The first-order valence-corrected chi connectivity index (χ1v) is 5.84. The Labute approximate surface area is 117 Å². The maximum atomic E-state index is 13.0. The lowest BCUT2D eigenvalue weighted by Gasteiger charge is -2.10. The van der Waals surface area contributed by atoms with Gasteiger partial charge in [0.1, 0.15) is 11.6 Å². The molecule has 0 atom stereocenters. The van der Waals surface area contributed by atoms with Crippen molar-refractivity contribution in [3.05, 3.63) is 51.9 Å². The van der Waals surface area contributed by atoms with Gasteiger partial charge < -0.3 is 10.4 Å². The highest BCUT2D eigenvalue weighted by Crippen LogP contribution is 2.33. The van der Waals surface area contributed by atoms with Crippen molar-refractivity contribution in [2.45, 2.75) is 0 Å². The highest BCUT2D eigenvalue weighted by atomic mass is 35.5. The van der Waals surface area contributed by atoms with Crippen LogP contribution >= 0.6 is 23.2 Å². The van der Waals surface area contributed by atoms with E-state index in [1.807, 2.05) is 0 Å². The van der Waals surface area contributed by atoms with Crippen LogP contribution in [0.1, 0.15) is 10.4 Å². The summed E-state index contributed by atoms with van der Waals surface area (Å²) in [7, 11) is 0. The zero-order valence-electron chi connectivity index (χ0n) is 9.32. The Hall–Kier alpha value is -1.85. The summed E-state index contributed by atoms with van der Waals surface area (Å²) >= 11 is 11.7. The van der Waals surface area contributed by atoms with Crippen molar-refractivity contribution in [3.63, 3.8) is 0 Å². The monoisotopic (exact) mass is 300 g/mol. The highest BCUT2D eigenvalue weighted by molar-refractivity contribution is 6.39. The van der Waals surface area contributed by atoms with Crippen molar-refractivity contribution < 1.29 is 14.3 Å². The SMILES string of the molecule is O=C(O)c1ccnc(Nc2c(Cl)cc(F)cc2Cl)c1. The molecule has 0 bridgehead atoms. The molecule has 0 radical (unpaired) electrons. The lowest BCUT2D eigenvalue weighted by Crippen LogP contribution is -2.00. The van der Waals surface area contributed by atoms with Gasteiger partial charge in [-0.15, -0.1) is 0 Å². The summed E-state index contributed by atoms with van der Waals surface area (Å²) in [4.78, 5) is 14.8. The van der Waals surface area contributed by atoms with Crippen molar-refractivity contribution >= 4 is 40.7 Å². The van der Waals surface area contributed by atoms with E-state index in [9.17, 15) is 9.18 Å². The first kappa shape index (κ1) is 13.6. The zero-order chi connectivity index (χ0) is 14.0. The van der Waals surface area contributed by atoms with Crippen LogP contribution in [0.4, 0.5) is 15.9 Å². The number of carboxylic acids is 1. The van der Waals surface area contributed by atoms with Crippen LogP contribution in [0.5, 0.6) is 0 Å². The van der Waals surface area contributed by atoms with E-state index in [-0.39, 0.29) is 27.1 Å². The minimum atomic E-state index is -1.08. The number of carboxylic acid groups (broad SMARTS) is 1. The Balaban J connectivity index is 2.36. The standard InChI is InChI=1S/C12H7Cl2FN2O2/c13-8-4-7(15)5-9(14)11(8)17-10-3-6(12(18)19)1-2-16-10/h1-5H,(H,16,17)(H,18,19). The zero-order valence-corrected chi connectivity index (χ0v) is 10.8. The van der Waals surface area contributed by atoms with Gasteiger partial charge in [0.2, 0.25) is 0 Å². The molecule has 0 spiro atoms. The Kier molecular flexibility index (Phi) is 3.87. The van der Waals surface area contributed by atoms with E-state index in [2.05, 4.69) is 10.3 Å². The van der Waals surface area contributed by atoms with Gasteiger partial charge in [-0.3, -0.25) is 0 Å². The predicted molar refractivity (Wildman–Crippen MR) is 70.9 cm³/mol. The number of hydrogen-bond donors (Lipinski definition) is 2. The van der Waals surface area contributed by atoms with Gasteiger partial charge >= 0.3 is 5.97 Å². The molecule has 7 heteroatoms. The number of nitrogens with zero attached hydrogens (tertiary/aromatic N) is 1. The van der Waals surface area contributed by atoms with E-state index in [0.29, 0.717) is 0 Å². The highest BCUT2D eigenvalue weighted by Gasteiger charge is 2.10. The van der Waals surface area contributed by atoms with Crippen LogP contribution < -0.4 is 5.32 Å². The van der Waals surface area contributed by atoms with Crippen LogP contribution in [0, 0.1) is 5.82 Å². The van der Waals surface area contributed by atoms with E-state index in [1.54, 1.807) is 0 Å². The van der Waals surface area contributed by atoms with Crippen molar-refractivity contribution in [1.29, 1.82) is 0 Å². The molecule has 0 amide bonds. The van der Waals surface area contributed by atoms with Crippen LogP contribution in [0.2, 0.25) is 10.0 Å². The van der Waals surface area contributed by atoms with Crippen LogP contribution in [-0.4, -0.2) is 16.1 Å². The molecule has 98 valence electrons. The Morgan fingerprint density at radius 1 is 1.26 bits per heavy atom. The molecule has 0 saturated carbocycles. The third kappa shape index (κ3) is 3.13. The molecular weight excluding hydrogens is 294 g/mol. The summed E-state index contributed by atoms with van der Waals surface area (Å²) < 4.78 is 13.0. The van der Waals surface area contributed by atoms with E-state index >= 15 is 0 Å². The molecule has 2 aromatic rings. The Morgan fingerprint density at radius 3 is 2.47 bits per heavy atom. The van der Waals surface area contributed by atoms with Gasteiger partial charge in [-0.2, -0.15) is 0 Å². The molecule has 0 aliphatic heterocycles. The van der Waals surface area contributed by atoms with Gasteiger partial charge in [-0.05, 0) is 24.3 Å². The smallest absolute Gasteiger partial charge is 0.335 e. The number of carbonyl (C=O) groups is 1. The molecule has 0 aliphatic carbocycles. The fourth-order valence-corrected chi connectivity index (χ4v) is 1.98. The van der Waals surface area contributed by atoms with Gasteiger partial charge in [0.05, 0.1) is 21.3 Å². The predicted octanol–water partition coefficient (Wildman–Crippen LogP) is 3.97.